The number of nitrogens with one attached hydrogen (secondary N) is 4. The molecular weight excluding hydrogens is 1490 g/mol. The molecule has 0 aliphatic heterocycles. The molecule has 5 unspecified atom stereocenters. The van der Waals surface area contributed by atoms with E-state index in [0.29, 0.717) is 53.1 Å². The molecule has 0 spiro atoms. The molecule has 4 amide bonds. The van der Waals surface area contributed by atoms with Crippen molar-refractivity contribution in [3.63, 3.8) is 0 Å². The van der Waals surface area contributed by atoms with E-state index in [0.717, 1.165) is 118 Å². The third-order valence-corrected chi connectivity index (χ3v) is 21.7. The quantitative estimate of drug-likeness (QED) is 0.00971. The van der Waals surface area contributed by atoms with E-state index in [9.17, 15) is 57.5 Å². The summed E-state index contributed by atoms with van der Waals surface area (Å²) in [6.07, 6.45) is 1.49. The van der Waals surface area contributed by atoms with Crippen molar-refractivity contribution >= 4 is 140 Å². The van der Waals surface area contributed by atoms with E-state index in [1.54, 1.807) is 0 Å². The first-order valence-electron chi connectivity index (χ1n) is 35.9. The fourth-order valence-corrected chi connectivity index (χ4v) is 16.3. The molecule has 22 nitrogen and oxygen atoms in total. The summed E-state index contributed by atoms with van der Waals surface area (Å²) >= 11 is 7.74. The van der Waals surface area contributed by atoms with Gasteiger partial charge in [-0.05, 0) is 143 Å². The summed E-state index contributed by atoms with van der Waals surface area (Å²) in [4.78, 5) is 139. The summed E-state index contributed by atoms with van der Waals surface area (Å²) in [5, 5.41) is 17.8. The Morgan fingerprint density at radius 2 is 0.640 bits per heavy atom. The van der Waals surface area contributed by atoms with Gasteiger partial charge in [-0.15, -0.1) is 11.8 Å². The number of esters is 4. The molecule has 8 aromatic rings. The first kappa shape index (κ1) is 84.5. The van der Waals surface area contributed by atoms with Crippen LogP contribution in [-0.4, -0.2) is 129 Å². The van der Waals surface area contributed by atoms with Crippen LogP contribution in [0.3, 0.4) is 0 Å². The smallest absolute Gasteiger partial charge is 0.302 e. The van der Waals surface area contributed by atoms with Crippen molar-refractivity contribution in [1.29, 1.82) is 0 Å². The number of anilines is 4. The Labute approximate surface area is 662 Å². The highest BCUT2D eigenvalue weighted by Gasteiger charge is 2.35. The minimum absolute atomic E-state index is 0.00593. The highest BCUT2D eigenvalue weighted by Crippen LogP contribution is 2.50. The second-order valence-corrected chi connectivity index (χ2v) is 30.6. The monoisotopic (exact) mass is 1580 g/mol. The molecule has 111 heavy (non-hydrogen) atoms. The van der Waals surface area contributed by atoms with Gasteiger partial charge in [-0.25, -0.2) is 5.90 Å². The molecule has 0 saturated heterocycles. The Hall–Kier alpha value is -10.5. The summed E-state index contributed by atoms with van der Waals surface area (Å²) in [7, 11) is 0. The maximum absolute atomic E-state index is 12.4. The first-order valence-corrected chi connectivity index (χ1v) is 39.5. The molecule has 13 rings (SSSR count). The molecule has 0 bridgehead atoms. The topological polar surface area (TPSA) is 336 Å². The predicted octanol–water partition coefficient (Wildman–Crippen LogP) is 14.6. The number of thiol groups is 1. The fourth-order valence-electron chi connectivity index (χ4n) is 13.8. The van der Waals surface area contributed by atoms with Crippen molar-refractivity contribution in [1.82, 2.24) is 0 Å². The van der Waals surface area contributed by atoms with Crippen LogP contribution in [0.25, 0.3) is 44.5 Å². The average Bonchev–Trinajstić information content (AvgIpc) is 1.64. The lowest BCUT2D eigenvalue weighted by Gasteiger charge is -2.14. The van der Waals surface area contributed by atoms with Crippen molar-refractivity contribution in [2.45, 2.75) is 109 Å². The largest absolute Gasteiger partial charge is 0.465 e. The van der Waals surface area contributed by atoms with E-state index in [-0.39, 0.29) is 150 Å². The number of hydrogen-bond donors (Lipinski definition) is 7. The minimum Gasteiger partial charge on any atom is -0.465 e. The Kier molecular flexibility index (Phi) is 31.2. The Morgan fingerprint density at radius 3 is 0.892 bits per heavy atom. The molecular formula is C85H87N5O17S4. The molecule has 26 heteroatoms. The van der Waals surface area contributed by atoms with E-state index in [1.807, 2.05) is 146 Å². The van der Waals surface area contributed by atoms with Crippen LogP contribution in [-0.2, 0) is 76.5 Å². The predicted molar refractivity (Wildman–Crippen MR) is 436 cm³/mol. The maximum atomic E-state index is 12.4. The summed E-state index contributed by atoms with van der Waals surface area (Å²) in [5.41, 5.74) is 20.4. The molecule has 8 aromatic carbocycles. The lowest BCUT2D eigenvalue weighted by molar-refractivity contribution is -0.142. The van der Waals surface area contributed by atoms with Gasteiger partial charge < -0.3 is 45.4 Å². The van der Waals surface area contributed by atoms with E-state index < -0.39 is 0 Å². The van der Waals surface area contributed by atoms with Gasteiger partial charge in [0.15, 0.2) is 16.0 Å². The summed E-state index contributed by atoms with van der Waals surface area (Å²) in [6.45, 7) is 9.68. The molecule has 578 valence electrons. The highest BCUT2D eigenvalue weighted by molar-refractivity contribution is 8.13. The molecule has 5 aliphatic carbocycles. The Balaban J connectivity index is 0.000000169. The Morgan fingerprint density at radius 1 is 0.378 bits per heavy atom. The van der Waals surface area contributed by atoms with E-state index in [4.69, 9.17) is 24.2 Å². The van der Waals surface area contributed by atoms with Gasteiger partial charge in [-0.2, -0.15) is 12.6 Å². The lowest BCUT2D eigenvalue weighted by Crippen LogP contribution is -2.15. The van der Waals surface area contributed by atoms with Gasteiger partial charge in [0.05, 0.1) is 11.7 Å². The molecule has 1 fully saturated rings. The lowest BCUT2D eigenvalue weighted by atomic mass is 9.97. The number of thioether (sulfide) groups is 3. The summed E-state index contributed by atoms with van der Waals surface area (Å²) in [6, 6.07) is 55.5. The molecule has 0 radical (unpaired) electrons. The zero-order valence-corrected chi connectivity index (χ0v) is 65.5. The van der Waals surface area contributed by atoms with Crippen LogP contribution in [0, 0.1) is 0 Å². The van der Waals surface area contributed by atoms with Crippen molar-refractivity contribution < 1.29 is 81.7 Å². The van der Waals surface area contributed by atoms with Crippen molar-refractivity contribution in [3.05, 3.63) is 214 Å². The second-order valence-electron chi connectivity index (χ2n) is 26.3. The van der Waals surface area contributed by atoms with Crippen LogP contribution in [0.5, 0.6) is 0 Å². The van der Waals surface area contributed by atoms with Crippen LogP contribution >= 0.6 is 47.9 Å². The van der Waals surface area contributed by atoms with Crippen LogP contribution in [0.15, 0.2) is 170 Å². The fraction of sp³-hybridized carbons (Fsp3) is 0.294. The van der Waals surface area contributed by atoms with E-state index in [1.165, 1.54) is 53.3 Å². The van der Waals surface area contributed by atoms with Crippen molar-refractivity contribution in [2.24, 2.45) is 5.90 Å². The highest BCUT2D eigenvalue weighted by atomic mass is 32.2. The number of benzene rings is 8. The number of fused-ring (bicyclic) bond motifs is 12. The molecule has 0 heterocycles. The number of hydrogen-bond acceptors (Lipinski definition) is 22. The van der Waals surface area contributed by atoms with Gasteiger partial charge in [-0.1, -0.05) is 145 Å². The van der Waals surface area contributed by atoms with Crippen molar-refractivity contribution in [3.8, 4) is 44.5 Å². The average molecular weight is 1580 g/mol. The van der Waals surface area contributed by atoms with Crippen LogP contribution < -0.4 is 27.2 Å². The number of carbonyl (C=O) groups excluding carboxylic acids is 12. The number of ether oxygens (including phenoxy) is 4. The second kappa shape index (κ2) is 41.0. The number of rotatable bonds is 24. The first-order chi connectivity index (χ1) is 53.4. The number of amides is 4. The van der Waals surface area contributed by atoms with Crippen molar-refractivity contribution in [2.75, 3.05) is 70.7 Å². The summed E-state index contributed by atoms with van der Waals surface area (Å²) < 4.78 is 21.1. The third kappa shape index (κ3) is 23.1. The number of ketones is 2. The van der Waals surface area contributed by atoms with Gasteiger partial charge in [0.25, 0.3) is 0 Å². The molecule has 0 aromatic heterocycles. The van der Waals surface area contributed by atoms with Gasteiger partial charge >= 0.3 is 23.9 Å². The standard InChI is InChI=1S/C24H23NO5S.2C21H21NO4S.C19H19NO3S.H3NO/c1-14(26)30-13-21-18-5-3-2-4-17(18)19-7-6-15(10-20(19)21)25-24(29)8-9-31-23-12-16(27)11-22(23)28;2*1-13(23)26-12-20-17-6-4-3-5-16(17)18-8-7-15(11-19(18)20)22-21(25)9-10-27-14(2)24;1-12(21)23-11-18-15-5-3-2-4-14(15)16-7-6-13(10-17(16)18)20-19(22)8-9-24;1-2/h2-7,10,21,23H,8-9,11-13H2,1H3,(H,25,29);2*3-8,11,20H,9-10,12H2,1-2H3,(H,22,25);2-7,10,18,24H,8-9,11H2,1H3,(H,20,22);2H,1H2. The number of carbonyl (C=O) groups is 12. The molecule has 7 N–H and O–H groups in total. The zero-order valence-electron chi connectivity index (χ0n) is 62.2. The van der Waals surface area contributed by atoms with Gasteiger partial charge in [0, 0.05) is 137 Å². The van der Waals surface area contributed by atoms with E-state index in [2.05, 4.69) is 64.1 Å². The number of nitrogens with two attached hydrogens (primary N) is 1. The molecule has 5 aliphatic rings. The van der Waals surface area contributed by atoms with E-state index >= 15 is 0 Å². The normalized spacial score (nSPS) is 15.5. The summed E-state index contributed by atoms with van der Waals surface area (Å²) in [5.74, 6) is 3.49. The Bertz CT molecular complexity index is 4690. The third-order valence-electron chi connectivity index (χ3n) is 18.6. The van der Waals surface area contributed by atoms with Crippen LogP contribution in [0.4, 0.5) is 22.7 Å². The van der Waals surface area contributed by atoms with Crippen LogP contribution in [0.2, 0.25) is 0 Å². The van der Waals surface area contributed by atoms with Gasteiger partial charge in [0.2, 0.25) is 23.6 Å². The zero-order chi connectivity index (χ0) is 79.8. The minimum atomic E-state index is -0.324. The van der Waals surface area contributed by atoms with Gasteiger partial charge in [0.1, 0.15) is 32.2 Å². The van der Waals surface area contributed by atoms with Crippen LogP contribution in [0.1, 0.15) is 148 Å². The SMILES string of the molecule is CC(=O)OCC1c2ccccc2-c2ccc(NC(=O)CCS)cc21.CC(=O)OCC1c2ccccc2-c2ccc(NC(=O)CCSC(C)=O)cc21.CC(=O)OCC1c2ccccc2-c2ccc(NC(=O)CCSC(C)=O)cc21.CC(=O)OCC1c2ccccc2-c2ccc(NC(=O)CCSC3CC(=O)CC3=O)cc21.NO. The maximum Gasteiger partial charge on any atom is 0.302 e. The molecule has 1 saturated carbocycles. The number of Topliss-reactive ketones (excluding diaryl/α,β-unsaturated/α-hetero) is 2. The van der Waals surface area contributed by atoms with Gasteiger partial charge in [-0.3, -0.25) is 57.5 Å². The molecule has 5 atom stereocenters.